The molecule has 26 heavy (non-hydrogen) atoms. The average Bonchev–Trinajstić information content (AvgIpc) is 3.25. The van der Waals surface area contributed by atoms with E-state index in [4.69, 9.17) is 17.3 Å². The molecule has 0 bridgehead atoms. The monoisotopic (exact) mass is 377 g/mol. The molecule has 1 saturated heterocycles. The lowest BCUT2D eigenvalue weighted by Gasteiger charge is -2.12. The van der Waals surface area contributed by atoms with E-state index in [0.29, 0.717) is 28.9 Å². The van der Waals surface area contributed by atoms with Crippen LogP contribution < -0.4 is 16.4 Å². The number of nitrogens with two attached hydrogens (primary N) is 1. The predicted molar refractivity (Wildman–Crippen MR) is 98.8 cm³/mol. The number of nitrogens with one attached hydrogen (secondary N) is 2. The molecule has 1 aliphatic heterocycles. The van der Waals surface area contributed by atoms with Crippen LogP contribution in [0.2, 0.25) is 5.02 Å². The number of hydrogen-bond donors (Lipinski definition) is 3. The SMILES string of the molecule is Cn1nc(C2CC3CNCC3C2)c(C(=O)Nc2ccc(F)c(Cl)c2)c1N. The fraction of sp³-hybridized carbons (Fsp3) is 0.444. The highest BCUT2D eigenvalue weighted by molar-refractivity contribution is 6.31. The molecule has 1 saturated carbocycles. The van der Waals surface area contributed by atoms with Gasteiger partial charge < -0.3 is 16.4 Å². The van der Waals surface area contributed by atoms with Gasteiger partial charge in [0.2, 0.25) is 0 Å². The maximum atomic E-state index is 13.3. The van der Waals surface area contributed by atoms with Crippen molar-refractivity contribution >= 4 is 29.0 Å². The van der Waals surface area contributed by atoms with Crippen LogP contribution in [0.1, 0.15) is 34.8 Å². The van der Waals surface area contributed by atoms with Gasteiger partial charge in [-0.05, 0) is 56.0 Å². The van der Waals surface area contributed by atoms with Crippen molar-refractivity contribution < 1.29 is 9.18 Å². The number of halogens is 2. The maximum Gasteiger partial charge on any atom is 0.261 e. The van der Waals surface area contributed by atoms with Crippen molar-refractivity contribution in [1.82, 2.24) is 15.1 Å². The van der Waals surface area contributed by atoms with Gasteiger partial charge in [-0.1, -0.05) is 11.6 Å². The lowest BCUT2D eigenvalue weighted by atomic mass is 9.97. The number of nitrogens with zero attached hydrogens (tertiary/aromatic N) is 2. The van der Waals surface area contributed by atoms with E-state index in [1.807, 2.05) is 0 Å². The van der Waals surface area contributed by atoms with Crippen LogP contribution >= 0.6 is 11.6 Å². The first-order valence-corrected chi connectivity index (χ1v) is 9.11. The summed E-state index contributed by atoms with van der Waals surface area (Å²) in [6.45, 7) is 2.05. The highest BCUT2D eigenvalue weighted by Gasteiger charge is 2.40. The van der Waals surface area contributed by atoms with Crippen LogP contribution in [0.15, 0.2) is 18.2 Å². The quantitative estimate of drug-likeness (QED) is 0.767. The molecule has 1 amide bonds. The van der Waals surface area contributed by atoms with E-state index in [2.05, 4.69) is 15.7 Å². The van der Waals surface area contributed by atoms with Crippen LogP contribution in [-0.2, 0) is 7.05 Å². The Balaban J connectivity index is 1.61. The van der Waals surface area contributed by atoms with E-state index in [1.165, 1.54) is 18.2 Å². The summed E-state index contributed by atoms with van der Waals surface area (Å²) in [5.74, 6) is 0.958. The van der Waals surface area contributed by atoms with Crippen molar-refractivity contribution in [3.63, 3.8) is 0 Å². The van der Waals surface area contributed by atoms with Crippen LogP contribution in [-0.4, -0.2) is 28.8 Å². The Hall–Kier alpha value is -2.12. The Morgan fingerprint density at radius 2 is 2.08 bits per heavy atom. The summed E-state index contributed by atoms with van der Waals surface area (Å²) in [5.41, 5.74) is 7.72. The number of nitrogen functional groups attached to an aromatic ring is 1. The molecule has 4 N–H and O–H groups in total. The fourth-order valence-electron chi connectivity index (χ4n) is 4.23. The molecule has 2 fully saturated rings. The number of amides is 1. The number of aromatic nitrogens is 2. The number of fused-ring (bicyclic) bond motifs is 1. The predicted octanol–water partition coefficient (Wildman–Crippen LogP) is 2.76. The van der Waals surface area contributed by atoms with Gasteiger partial charge in [0.1, 0.15) is 17.2 Å². The highest BCUT2D eigenvalue weighted by Crippen LogP contribution is 2.45. The molecule has 2 aliphatic rings. The molecule has 8 heteroatoms. The van der Waals surface area contributed by atoms with Crippen molar-refractivity contribution in [3.8, 4) is 0 Å². The minimum absolute atomic E-state index is 0.0432. The zero-order chi connectivity index (χ0) is 18.4. The first-order valence-electron chi connectivity index (χ1n) is 8.73. The van der Waals surface area contributed by atoms with Crippen molar-refractivity contribution in [2.75, 3.05) is 24.1 Å². The summed E-state index contributed by atoms with van der Waals surface area (Å²) < 4.78 is 14.9. The Morgan fingerprint density at radius 1 is 1.38 bits per heavy atom. The summed E-state index contributed by atoms with van der Waals surface area (Å²) in [5, 5.41) is 10.7. The third-order valence-electron chi connectivity index (χ3n) is 5.56. The number of anilines is 2. The molecule has 2 unspecified atom stereocenters. The number of carbonyl (C=O) groups is 1. The number of rotatable bonds is 3. The topological polar surface area (TPSA) is 85.0 Å². The van der Waals surface area contributed by atoms with E-state index in [0.717, 1.165) is 31.6 Å². The molecular formula is C18H21ClFN5O. The summed E-state index contributed by atoms with van der Waals surface area (Å²) in [6, 6.07) is 4.07. The Morgan fingerprint density at radius 3 is 2.73 bits per heavy atom. The van der Waals surface area contributed by atoms with Gasteiger partial charge in [-0.2, -0.15) is 5.10 Å². The Kier molecular flexibility index (Phi) is 4.36. The molecule has 138 valence electrons. The van der Waals surface area contributed by atoms with Gasteiger partial charge in [0.05, 0.1) is 10.7 Å². The summed E-state index contributed by atoms with van der Waals surface area (Å²) >= 11 is 5.79. The normalized spacial score (nSPS) is 24.7. The second-order valence-electron chi connectivity index (χ2n) is 7.20. The minimum atomic E-state index is -0.530. The van der Waals surface area contributed by atoms with Crippen LogP contribution in [0.25, 0.3) is 0 Å². The lowest BCUT2D eigenvalue weighted by molar-refractivity contribution is 0.102. The van der Waals surface area contributed by atoms with Crippen molar-refractivity contribution in [2.45, 2.75) is 18.8 Å². The molecule has 2 heterocycles. The molecule has 0 spiro atoms. The molecule has 1 aromatic carbocycles. The Bertz CT molecular complexity index is 856. The minimum Gasteiger partial charge on any atom is -0.383 e. The van der Waals surface area contributed by atoms with Gasteiger partial charge in [-0.25, -0.2) is 4.39 Å². The van der Waals surface area contributed by atoms with Gasteiger partial charge in [0.15, 0.2) is 0 Å². The van der Waals surface area contributed by atoms with Gasteiger partial charge in [0, 0.05) is 18.7 Å². The smallest absolute Gasteiger partial charge is 0.261 e. The second kappa shape index (κ2) is 6.55. The van der Waals surface area contributed by atoms with Gasteiger partial charge in [-0.15, -0.1) is 0 Å². The summed E-state index contributed by atoms with van der Waals surface area (Å²) in [4.78, 5) is 12.9. The largest absolute Gasteiger partial charge is 0.383 e. The van der Waals surface area contributed by atoms with E-state index in [9.17, 15) is 9.18 Å². The molecule has 6 nitrogen and oxygen atoms in total. The molecule has 0 radical (unpaired) electrons. The van der Waals surface area contributed by atoms with Crippen molar-refractivity contribution in [3.05, 3.63) is 40.3 Å². The fourth-order valence-corrected chi connectivity index (χ4v) is 4.41. The zero-order valence-corrected chi connectivity index (χ0v) is 15.2. The van der Waals surface area contributed by atoms with E-state index < -0.39 is 5.82 Å². The van der Waals surface area contributed by atoms with Crippen molar-refractivity contribution in [2.24, 2.45) is 18.9 Å². The molecular weight excluding hydrogens is 357 g/mol. The number of benzene rings is 1. The van der Waals surface area contributed by atoms with Crippen molar-refractivity contribution in [1.29, 1.82) is 0 Å². The second-order valence-corrected chi connectivity index (χ2v) is 7.61. The molecule has 4 rings (SSSR count). The molecule has 1 aromatic heterocycles. The third-order valence-corrected chi connectivity index (χ3v) is 5.85. The number of carbonyl (C=O) groups excluding carboxylic acids is 1. The van der Waals surface area contributed by atoms with E-state index >= 15 is 0 Å². The maximum absolute atomic E-state index is 13.3. The Labute approximate surface area is 155 Å². The van der Waals surface area contributed by atoms with Crippen LogP contribution in [0.3, 0.4) is 0 Å². The molecule has 1 aliphatic carbocycles. The van der Waals surface area contributed by atoms with E-state index in [1.54, 1.807) is 11.7 Å². The number of aryl methyl sites for hydroxylation is 1. The first-order chi connectivity index (χ1) is 12.4. The highest BCUT2D eigenvalue weighted by atomic mass is 35.5. The van der Waals surface area contributed by atoms with Crippen LogP contribution in [0.4, 0.5) is 15.9 Å². The van der Waals surface area contributed by atoms with Crippen LogP contribution in [0.5, 0.6) is 0 Å². The lowest BCUT2D eigenvalue weighted by Crippen LogP contribution is -2.17. The summed E-state index contributed by atoms with van der Waals surface area (Å²) in [6.07, 6.45) is 2.02. The van der Waals surface area contributed by atoms with Gasteiger partial charge >= 0.3 is 0 Å². The number of hydrogen-bond acceptors (Lipinski definition) is 4. The first kappa shape index (κ1) is 17.3. The summed E-state index contributed by atoms with van der Waals surface area (Å²) in [7, 11) is 1.74. The third kappa shape index (κ3) is 2.95. The van der Waals surface area contributed by atoms with Gasteiger partial charge in [0.25, 0.3) is 5.91 Å². The van der Waals surface area contributed by atoms with E-state index in [-0.39, 0.29) is 16.8 Å². The van der Waals surface area contributed by atoms with Gasteiger partial charge in [-0.3, -0.25) is 9.48 Å². The molecule has 2 atom stereocenters. The average molecular weight is 378 g/mol. The zero-order valence-electron chi connectivity index (χ0n) is 14.4. The molecule has 2 aromatic rings. The van der Waals surface area contributed by atoms with Crippen LogP contribution in [0, 0.1) is 17.7 Å². The standard InChI is InChI=1S/C18H21ClFN5O/c1-25-17(21)15(18(26)23-12-2-3-14(20)13(19)6-12)16(24-25)9-4-10-7-22-8-11(10)5-9/h2-3,6,9-11,22H,4-5,7-8,21H2,1H3,(H,23,26).